The van der Waals surface area contributed by atoms with Gasteiger partial charge >= 0.3 is 5.97 Å². The molecule has 6 heteroatoms. The van der Waals surface area contributed by atoms with Gasteiger partial charge in [-0.3, -0.25) is 9.59 Å². The number of anilines is 1. The maximum atomic E-state index is 11.9. The van der Waals surface area contributed by atoms with Crippen LogP contribution in [0.3, 0.4) is 0 Å². The molecule has 0 spiro atoms. The van der Waals surface area contributed by atoms with E-state index in [9.17, 15) is 9.59 Å². The molecule has 1 atom stereocenters. The molecule has 1 heterocycles. The highest BCUT2D eigenvalue weighted by atomic mass is 16.4. The first-order valence-corrected chi connectivity index (χ1v) is 5.47. The molecule has 94 valence electrons. The Balaban J connectivity index is 3.17. The largest absolute Gasteiger partial charge is 0.480 e. The normalized spacial score (nSPS) is 12.2. The van der Waals surface area contributed by atoms with Crippen LogP contribution in [0.4, 0.5) is 5.82 Å². The number of carboxylic acid groups (broad SMARTS) is 1. The smallest absolute Gasteiger partial charge is 0.323 e. The van der Waals surface area contributed by atoms with Gasteiger partial charge in [0.2, 0.25) is 0 Å². The van der Waals surface area contributed by atoms with Crippen molar-refractivity contribution in [3.63, 3.8) is 0 Å². The van der Waals surface area contributed by atoms with Gasteiger partial charge in [0.15, 0.2) is 5.82 Å². The molecular weight excluding hydrogens is 222 g/mol. The van der Waals surface area contributed by atoms with E-state index in [2.05, 4.69) is 4.98 Å². The standard InChI is InChI=1S/C11H17N3O3/c1-4-8(2)14(7-9(15)16)10-11(17)13(3)6-5-12-10/h5-6,8H,4,7H2,1-3H3,(H,15,16). The second-order valence-electron chi connectivity index (χ2n) is 3.95. The minimum absolute atomic E-state index is 0.0475. The summed E-state index contributed by atoms with van der Waals surface area (Å²) in [6.45, 7) is 3.59. The van der Waals surface area contributed by atoms with Crippen molar-refractivity contribution in [3.05, 3.63) is 22.7 Å². The summed E-state index contributed by atoms with van der Waals surface area (Å²) in [5, 5.41) is 8.87. The van der Waals surface area contributed by atoms with Crippen LogP contribution in [-0.2, 0) is 11.8 Å². The van der Waals surface area contributed by atoms with Crippen molar-refractivity contribution in [3.8, 4) is 0 Å². The fraction of sp³-hybridized carbons (Fsp3) is 0.545. The number of rotatable bonds is 5. The lowest BCUT2D eigenvalue weighted by atomic mass is 10.2. The molecule has 0 aliphatic carbocycles. The molecule has 1 rings (SSSR count). The molecule has 6 nitrogen and oxygen atoms in total. The average Bonchev–Trinajstić information content (AvgIpc) is 2.29. The summed E-state index contributed by atoms with van der Waals surface area (Å²) in [6.07, 6.45) is 3.78. The highest BCUT2D eigenvalue weighted by molar-refractivity contribution is 5.73. The van der Waals surface area contributed by atoms with Gasteiger partial charge in [-0.1, -0.05) is 6.92 Å². The minimum atomic E-state index is -0.974. The molecule has 0 aliphatic heterocycles. The third-order valence-electron chi connectivity index (χ3n) is 2.70. The Morgan fingerprint density at radius 1 is 1.65 bits per heavy atom. The first-order chi connectivity index (χ1) is 7.97. The van der Waals surface area contributed by atoms with Crippen LogP contribution in [-0.4, -0.2) is 33.2 Å². The van der Waals surface area contributed by atoms with Gasteiger partial charge in [0.05, 0.1) is 0 Å². The molecule has 1 aromatic heterocycles. The Hall–Kier alpha value is -1.85. The van der Waals surface area contributed by atoms with Crippen molar-refractivity contribution in [2.45, 2.75) is 26.3 Å². The number of carboxylic acids is 1. The summed E-state index contributed by atoms with van der Waals surface area (Å²) < 4.78 is 1.39. The molecule has 0 radical (unpaired) electrons. The van der Waals surface area contributed by atoms with Crippen LogP contribution in [0.2, 0.25) is 0 Å². The SMILES string of the molecule is CCC(C)N(CC(=O)O)c1nccn(C)c1=O. The Bertz CT molecular complexity index is 456. The van der Waals surface area contributed by atoms with Crippen LogP contribution in [0.5, 0.6) is 0 Å². The molecular formula is C11H17N3O3. The van der Waals surface area contributed by atoms with Gasteiger partial charge in [0, 0.05) is 25.5 Å². The molecule has 0 saturated heterocycles. The fourth-order valence-electron chi connectivity index (χ4n) is 1.49. The number of carbonyl (C=O) groups is 1. The van der Waals surface area contributed by atoms with Crippen molar-refractivity contribution < 1.29 is 9.90 Å². The number of nitrogens with zero attached hydrogens (tertiary/aromatic N) is 3. The minimum Gasteiger partial charge on any atom is -0.480 e. The monoisotopic (exact) mass is 239 g/mol. The Kier molecular flexibility index (Phi) is 4.25. The molecule has 0 amide bonds. The van der Waals surface area contributed by atoms with Gasteiger partial charge < -0.3 is 14.6 Å². The fourth-order valence-corrected chi connectivity index (χ4v) is 1.49. The van der Waals surface area contributed by atoms with Gasteiger partial charge in [-0.25, -0.2) is 4.98 Å². The summed E-state index contributed by atoms with van der Waals surface area (Å²) in [5.41, 5.74) is -0.283. The summed E-state index contributed by atoms with van der Waals surface area (Å²) in [4.78, 5) is 28.2. The van der Waals surface area contributed by atoms with Gasteiger partial charge in [-0.15, -0.1) is 0 Å². The van der Waals surface area contributed by atoms with Crippen molar-refractivity contribution in [2.24, 2.45) is 7.05 Å². The summed E-state index contributed by atoms with van der Waals surface area (Å²) >= 11 is 0. The van der Waals surface area contributed by atoms with E-state index in [-0.39, 0.29) is 24.0 Å². The van der Waals surface area contributed by atoms with Gasteiger partial charge in [-0.05, 0) is 13.3 Å². The summed E-state index contributed by atoms with van der Waals surface area (Å²) in [6, 6.07) is -0.0475. The van der Waals surface area contributed by atoms with Gasteiger partial charge in [0.25, 0.3) is 5.56 Å². The molecule has 0 bridgehead atoms. The van der Waals surface area contributed by atoms with E-state index in [1.165, 1.54) is 15.7 Å². The van der Waals surface area contributed by atoms with E-state index in [1.807, 2.05) is 13.8 Å². The second kappa shape index (κ2) is 5.47. The maximum absolute atomic E-state index is 11.9. The van der Waals surface area contributed by atoms with E-state index < -0.39 is 5.97 Å². The highest BCUT2D eigenvalue weighted by Gasteiger charge is 2.20. The van der Waals surface area contributed by atoms with E-state index in [1.54, 1.807) is 13.2 Å². The summed E-state index contributed by atoms with van der Waals surface area (Å²) in [7, 11) is 1.61. The van der Waals surface area contributed by atoms with Gasteiger partial charge in [-0.2, -0.15) is 0 Å². The number of hydrogen-bond acceptors (Lipinski definition) is 4. The zero-order valence-corrected chi connectivity index (χ0v) is 10.3. The van der Waals surface area contributed by atoms with Crippen LogP contribution in [0.1, 0.15) is 20.3 Å². The van der Waals surface area contributed by atoms with Crippen LogP contribution in [0.15, 0.2) is 17.2 Å². The molecule has 1 aromatic rings. The zero-order chi connectivity index (χ0) is 13.0. The number of hydrogen-bond donors (Lipinski definition) is 1. The Labute approximate surface area is 99.5 Å². The third-order valence-corrected chi connectivity index (χ3v) is 2.70. The first kappa shape index (κ1) is 13.2. The molecule has 0 saturated carbocycles. The zero-order valence-electron chi connectivity index (χ0n) is 10.3. The number of aliphatic carboxylic acids is 1. The van der Waals surface area contributed by atoms with E-state index in [0.29, 0.717) is 0 Å². The van der Waals surface area contributed by atoms with E-state index >= 15 is 0 Å². The Morgan fingerprint density at radius 3 is 2.82 bits per heavy atom. The highest BCUT2D eigenvalue weighted by Crippen LogP contribution is 2.10. The lowest BCUT2D eigenvalue weighted by Gasteiger charge is -2.27. The van der Waals surface area contributed by atoms with Crippen LogP contribution >= 0.6 is 0 Å². The van der Waals surface area contributed by atoms with E-state index in [4.69, 9.17) is 5.11 Å². The quantitative estimate of drug-likeness (QED) is 0.808. The molecule has 0 aliphatic rings. The van der Waals surface area contributed by atoms with Crippen molar-refractivity contribution >= 4 is 11.8 Å². The second-order valence-corrected chi connectivity index (χ2v) is 3.95. The van der Waals surface area contributed by atoms with Crippen molar-refractivity contribution in [2.75, 3.05) is 11.4 Å². The first-order valence-electron chi connectivity index (χ1n) is 5.47. The predicted molar refractivity (Wildman–Crippen MR) is 64.2 cm³/mol. The number of aromatic nitrogens is 2. The molecule has 17 heavy (non-hydrogen) atoms. The van der Waals surface area contributed by atoms with Crippen LogP contribution < -0.4 is 10.5 Å². The maximum Gasteiger partial charge on any atom is 0.323 e. The van der Waals surface area contributed by atoms with Crippen molar-refractivity contribution in [1.29, 1.82) is 0 Å². The number of aryl methyl sites for hydroxylation is 1. The van der Waals surface area contributed by atoms with E-state index in [0.717, 1.165) is 6.42 Å². The predicted octanol–water partition coefficient (Wildman–Crippen LogP) is 0.470. The third kappa shape index (κ3) is 3.05. The van der Waals surface area contributed by atoms with Crippen LogP contribution in [0, 0.1) is 0 Å². The molecule has 1 unspecified atom stereocenters. The average molecular weight is 239 g/mol. The molecule has 0 fully saturated rings. The Morgan fingerprint density at radius 2 is 2.29 bits per heavy atom. The van der Waals surface area contributed by atoms with Crippen LogP contribution in [0.25, 0.3) is 0 Å². The topological polar surface area (TPSA) is 75.4 Å². The summed E-state index contributed by atoms with van der Waals surface area (Å²) in [5.74, 6) is -0.787. The lowest BCUT2D eigenvalue weighted by Crippen LogP contribution is -2.41. The molecule has 0 aromatic carbocycles. The van der Waals surface area contributed by atoms with Crippen molar-refractivity contribution in [1.82, 2.24) is 9.55 Å². The molecule has 1 N–H and O–H groups in total. The van der Waals surface area contributed by atoms with Gasteiger partial charge in [0.1, 0.15) is 6.54 Å². The lowest BCUT2D eigenvalue weighted by molar-refractivity contribution is -0.135.